The van der Waals surface area contributed by atoms with Crippen LogP contribution in [0.2, 0.25) is 0 Å². The van der Waals surface area contributed by atoms with Crippen molar-refractivity contribution in [3.05, 3.63) is 36.5 Å². The molecule has 0 spiro atoms. The quantitative estimate of drug-likeness (QED) is 0.0261. The fourth-order valence-electron chi connectivity index (χ4n) is 11.2. The molecule has 1 saturated heterocycles. The number of aliphatic hydroxyl groups excluding tert-OH is 5. The summed E-state index contributed by atoms with van der Waals surface area (Å²) in [6.45, 7) is 3.81. The summed E-state index contributed by atoms with van der Waals surface area (Å²) >= 11 is 0. The Labute approximate surface area is 489 Å². The number of nitrogens with one attached hydrogen (secondary N) is 1. The molecule has 0 saturated carbocycles. The number of unbranched alkanes of at least 4 members (excludes halogenated alkanes) is 47. The van der Waals surface area contributed by atoms with E-state index in [2.05, 4.69) is 43.5 Å². The van der Waals surface area contributed by atoms with Crippen molar-refractivity contribution in [3.8, 4) is 0 Å². The third-order valence-corrected chi connectivity index (χ3v) is 16.7. The van der Waals surface area contributed by atoms with E-state index in [0.717, 1.165) is 38.5 Å². The van der Waals surface area contributed by atoms with Crippen LogP contribution in [0.3, 0.4) is 0 Å². The second-order valence-electron chi connectivity index (χ2n) is 24.3. The lowest BCUT2D eigenvalue weighted by atomic mass is 9.99. The van der Waals surface area contributed by atoms with E-state index in [9.17, 15) is 30.3 Å². The van der Waals surface area contributed by atoms with Crippen LogP contribution in [0, 0.1) is 0 Å². The SMILES string of the molecule is CCCCCCCCCCCCCCC/C=C/CC/C=C/C(O)C(COC1OC(CO)C(O)C(O)C1O)NC(=O)CCCCCCCCCCCCCCCCCCC/C=C\CCCCCCCCCCCCCCCCCC. The summed E-state index contributed by atoms with van der Waals surface area (Å²) in [4.78, 5) is 13.1. The van der Waals surface area contributed by atoms with Gasteiger partial charge in [0, 0.05) is 6.42 Å². The van der Waals surface area contributed by atoms with E-state index in [1.54, 1.807) is 6.08 Å². The zero-order valence-corrected chi connectivity index (χ0v) is 52.2. The van der Waals surface area contributed by atoms with Crippen molar-refractivity contribution in [1.29, 1.82) is 0 Å². The average molecular weight is 1120 g/mol. The van der Waals surface area contributed by atoms with Gasteiger partial charge in [0.25, 0.3) is 0 Å². The molecule has 7 atom stereocenters. The summed E-state index contributed by atoms with van der Waals surface area (Å²) in [5.74, 6) is -0.181. The van der Waals surface area contributed by atoms with Crippen LogP contribution in [0.1, 0.15) is 348 Å². The van der Waals surface area contributed by atoms with E-state index in [1.807, 2.05) is 6.08 Å². The van der Waals surface area contributed by atoms with Gasteiger partial charge in [0.05, 0.1) is 25.4 Å². The summed E-state index contributed by atoms with van der Waals surface area (Å²) in [6.07, 6.45) is 72.7. The highest BCUT2D eigenvalue weighted by atomic mass is 16.7. The summed E-state index contributed by atoms with van der Waals surface area (Å²) in [7, 11) is 0. The van der Waals surface area contributed by atoms with Gasteiger partial charge in [0.15, 0.2) is 6.29 Å². The van der Waals surface area contributed by atoms with Gasteiger partial charge in [-0.05, 0) is 57.8 Å². The van der Waals surface area contributed by atoms with Crippen molar-refractivity contribution < 1.29 is 39.8 Å². The van der Waals surface area contributed by atoms with E-state index >= 15 is 0 Å². The number of aliphatic hydroxyl groups is 5. The number of ether oxygens (including phenoxy) is 2. The maximum atomic E-state index is 13.1. The minimum absolute atomic E-state index is 0.181. The summed E-state index contributed by atoms with van der Waals surface area (Å²) in [6, 6.07) is -0.821. The summed E-state index contributed by atoms with van der Waals surface area (Å²) < 4.78 is 11.3. The lowest BCUT2D eigenvalue weighted by Gasteiger charge is -2.40. The molecule has 0 aliphatic carbocycles. The minimum atomic E-state index is -1.57. The van der Waals surface area contributed by atoms with Crippen molar-refractivity contribution in [2.45, 2.75) is 391 Å². The molecule has 1 rings (SSSR count). The number of rotatable bonds is 61. The van der Waals surface area contributed by atoms with Gasteiger partial charge in [-0.15, -0.1) is 0 Å². The maximum Gasteiger partial charge on any atom is 0.220 e. The van der Waals surface area contributed by atoms with Crippen LogP contribution >= 0.6 is 0 Å². The summed E-state index contributed by atoms with van der Waals surface area (Å²) in [5.41, 5.74) is 0. The monoisotopic (exact) mass is 1120 g/mol. The molecule has 0 bridgehead atoms. The average Bonchev–Trinajstić information content (AvgIpc) is 3.47. The number of allylic oxidation sites excluding steroid dienone is 5. The van der Waals surface area contributed by atoms with Crippen LogP contribution in [-0.4, -0.2) is 87.5 Å². The Hall–Kier alpha value is -1.59. The van der Waals surface area contributed by atoms with Crippen LogP contribution < -0.4 is 5.32 Å². The second-order valence-corrected chi connectivity index (χ2v) is 24.3. The van der Waals surface area contributed by atoms with Crippen molar-refractivity contribution in [2.75, 3.05) is 13.2 Å². The number of hydrogen-bond acceptors (Lipinski definition) is 8. The van der Waals surface area contributed by atoms with E-state index in [-0.39, 0.29) is 12.5 Å². The molecule has 466 valence electrons. The molecule has 0 radical (unpaired) electrons. The van der Waals surface area contributed by atoms with Crippen LogP contribution in [0.15, 0.2) is 36.5 Å². The lowest BCUT2D eigenvalue weighted by Crippen LogP contribution is -2.60. The first-order chi connectivity index (χ1) is 38.8. The Kier molecular flexibility index (Phi) is 56.9. The van der Waals surface area contributed by atoms with E-state index in [4.69, 9.17) is 9.47 Å². The molecule has 1 aliphatic rings. The molecule has 9 nitrogen and oxygen atoms in total. The van der Waals surface area contributed by atoms with Crippen molar-refractivity contribution >= 4 is 5.91 Å². The summed E-state index contributed by atoms with van der Waals surface area (Å²) in [5, 5.41) is 54.6. The predicted molar refractivity (Wildman–Crippen MR) is 337 cm³/mol. The lowest BCUT2D eigenvalue weighted by molar-refractivity contribution is -0.302. The molecule has 0 aromatic heterocycles. The van der Waals surface area contributed by atoms with E-state index < -0.39 is 49.5 Å². The normalized spacial score (nSPS) is 18.7. The zero-order valence-electron chi connectivity index (χ0n) is 52.2. The molecule has 79 heavy (non-hydrogen) atoms. The molecule has 1 aliphatic heterocycles. The third kappa shape index (κ3) is 48.5. The Bertz CT molecular complexity index is 1340. The molecule has 1 fully saturated rings. The number of amides is 1. The number of hydrogen-bond donors (Lipinski definition) is 6. The number of carbonyl (C=O) groups is 1. The predicted octanol–water partition coefficient (Wildman–Crippen LogP) is 18.6. The molecule has 0 aromatic rings. The molecular formula is C70H133NO8. The van der Waals surface area contributed by atoms with Crippen molar-refractivity contribution in [2.24, 2.45) is 0 Å². The largest absolute Gasteiger partial charge is 0.394 e. The number of carbonyl (C=O) groups excluding carboxylic acids is 1. The highest BCUT2D eigenvalue weighted by Crippen LogP contribution is 2.23. The topological polar surface area (TPSA) is 149 Å². The molecular weight excluding hydrogens is 983 g/mol. The van der Waals surface area contributed by atoms with E-state index in [0.29, 0.717) is 6.42 Å². The third-order valence-electron chi connectivity index (χ3n) is 16.7. The Morgan fingerprint density at radius 3 is 1.06 bits per heavy atom. The van der Waals surface area contributed by atoms with Crippen LogP contribution in [0.5, 0.6) is 0 Å². The fourth-order valence-corrected chi connectivity index (χ4v) is 11.2. The second kappa shape index (κ2) is 59.6. The van der Waals surface area contributed by atoms with Gasteiger partial charge in [0.2, 0.25) is 5.91 Å². The maximum absolute atomic E-state index is 13.1. The van der Waals surface area contributed by atoms with Crippen LogP contribution in [-0.2, 0) is 14.3 Å². The van der Waals surface area contributed by atoms with Crippen LogP contribution in [0.25, 0.3) is 0 Å². The molecule has 9 heteroatoms. The highest BCUT2D eigenvalue weighted by Gasteiger charge is 2.44. The van der Waals surface area contributed by atoms with Gasteiger partial charge >= 0.3 is 0 Å². The van der Waals surface area contributed by atoms with Crippen molar-refractivity contribution in [3.63, 3.8) is 0 Å². The van der Waals surface area contributed by atoms with Gasteiger partial charge in [0.1, 0.15) is 24.4 Å². The van der Waals surface area contributed by atoms with Gasteiger partial charge in [-0.1, -0.05) is 320 Å². The van der Waals surface area contributed by atoms with Gasteiger partial charge in [-0.25, -0.2) is 0 Å². The Morgan fingerprint density at radius 2 is 0.722 bits per heavy atom. The van der Waals surface area contributed by atoms with Gasteiger partial charge in [-0.3, -0.25) is 4.79 Å². The van der Waals surface area contributed by atoms with E-state index in [1.165, 1.54) is 289 Å². The first-order valence-corrected chi connectivity index (χ1v) is 34.7. The zero-order chi connectivity index (χ0) is 57.2. The molecule has 6 N–H and O–H groups in total. The first kappa shape index (κ1) is 75.4. The standard InChI is InChI=1S/C70H133NO8/c1-3-5-7-9-11-13-15-17-19-21-23-24-25-26-27-28-29-30-31-32-33-34-35-36-37-38-39-40-42-44-46-48-50-52-54-56-58-60-66(74)71-63(62-78-70-69(77)68(76)67(75)65(61-72)79-70)64(73)59-57-55-53-51-49-47-45-43-41-22-20-18-16-14-12-10-8-6-4-2/h30-31,49,51,57,59,63-65,67-70,72-73,75-77H,3-29,32-48,50,52-56,58,60-62H2,1-2H3,(H,71,74)/b31-30-,51-49+,59-57+. The molecule has 1 amide bonds. The smallest absolute Gasteiger partial charge is 0.220 e. The minimum Gasteiger partial charge on any atom is -0.394 e. The molecule has 7 unspecified atom stereocenters. The van der Waals surface area contributed by atoms with Gasteiger partial charge < -0.3 is 40.3 Å². The fraction of sp³-hybridized carbons (Fsp3) is 0.900. The Balaban J connectivity index is 2.08. The van der Waals surface area contributed by atoms with Gasteiger partial charge in [-0.2, -0.15) is 0 Å². The van der Waals surface area contributed by atoms with Crippen LogP contribution in [0.4, 0.5) is 0 Å². The first-order valence-electron chi connectivity index (χ1n) is 34.7. The Morgan fingerprint density at radius 1 is 0.418 bits per heavy atom. The molecule has 1 heterocycles. The highest BCUT2D eigenvalue weighted by molar-refractivity contribution is 5.76. The molecule has 0 aromatic carbocycles. The van der Waals surface area contributed by atoms with Crippen molar-refractivity contribution in [1.82, 2.24) is 5.32 Å².